The Morgan fingerprint density at radius 3 is 2.57 bits per heavy atom. The molecule has 2 saturated heterocycles. The first-order chi connectivity index (χ1) is 13.1. The fourth-order valence-corrected chi connectivity index (χ4v) is 5.59. The van der Waals surface area contributed by atoms with Gasteiger partial charge < -0.3 is 5.32 Å². The molecule has 6 nitrogen and oxygen atoms in total. The lowest BCUT2D eigenvalue weighted by molar-refractivity contribution is -0.147. The molecule has 1 spiro atoms. The number of thioether (sulfide) groups is 1. The smallest absolute Gasteiger partial charge is 0.250 e. The predicted octanol–water partition coefficient (Wildman–Crippen LogP) is 2.61. The summed E-state index contributed by atoms with van der Waals surface area (Å²) < 4.78 is 0. The van der Waals surface area contributed by atoms with E-state index in [0.29, 0.717) is 22.7 Å². The molecule has 4 atom stereocenters. The van der Waals surface area contributed by atoms with E-state index in [4.69, 9.17) is 11.6 Å². The van der Waals surface area contributed by atoms with Gasteiger partial charge in [-0.2, -0.15) is 11.8 Å². The van der Waals surface area contributed by atoms with Crippen LogP contribution in [0.3, 0.4) is 0 Å². The van der Waals surface area contributed by atoms with Gasteiger partial charge in [-0.3, -0.25) is 24.6 Å². The monoisotopic (exact) mass is 421 g/mol. The third kappa shape index (κ3) is 2.56. The topological polar surface area (TPSA) is 78.5 Å². The zero-order chi connectivity index (χ0) is 20.4. The van der Waals surface area contributed by atoms with Crippen molar-refractivity contribution >= 4 is 46.8 Å². The van der Waals surface area contributed by atoms with E-state index in [1.165, 1.54) is 4.90 Å². The third-order valence-electron chi connectivity index (χ3n) is 5.98. The average molecular weight is 422 g/mol. The second kappa shape index (κ2) is 6.47. The summed E-state index contributed by atoms with van der Waals surface area (Å²) in [6.07, 6.45) is 2.70. The van der Waals surface area contributed by atoms with Gasteiger partial charge >= 0.3 is 0 Å². The Balaban J connectivity index is 1.89. The van der Waals surface area contributed by atoms with Gasteiger partial charge in [0.1, 0.15) is 5.54 Å². The minimum atomic E-state index is -1.26. The SMILES string of the molecule is CSCC[C@H]1N[C@@]2(C(=O)Nc3ccc(Cl)cc32)[C@@H]2C(=O)N(C(C)(C)C)C(=O)[C@@H]21. The van der Waals surface area contributed by atoms with Crippen LogP contribution >= 0.6 is 23.4 Å². The van der Waals surface area contributed by atoms with Crippen LogP contribution in [0.5, 0.6) is 0 Å². The fraction of sp³-hybridized carbons (Fsp3) is 0.550. The van der Waals surface area contributed by atoms with E-state index in [1.807, 2.05) is 27.0 Å². The number of fused-ring (bicyclic) bond motifs is 4. The molecule has 3 heterocycles. The minimum absolute atomic E-state index is 0.193. The van der Waals surface area contributed by atoms with Gasteiger partial charge in [0.2, 0.25) is 17.7 Å². The van der Waals surface area contributed by atoms with Gasteiger partial charge in [0, 0.05) is 27.9 Å². The molecule has 2 fully saturated rings. The first-order valence-electron chi connectivity index (χ1n) is 9.39. The quantitative estimate of drug-likeness (QED) is 0.733. The average Bonchev–Trinajstić information content (AvgIpc) is 3.18. The summed E-state index contributed by atoms with van der Waals surface area (Å²) in [6.45, 7) is 5.54. The van der Waals surface area contributed by atoms with E-state index in [2.05, 4.69) is 10.6 Å². The lowest BCUT2D eigenvalue weighted by Crippen LogP contribution is -2.55. The normalized spacial score (nSPS) is 31.5. The van der Waals surface area contributed by atoms with E-state index in [1.54, 1.807) is 30.0 Å². The Labute approximate surface area is 173 Å². The Hall–Kier alpha value is -1.57. The van der Waals surface area contributed by atoms with E-state index in [0.717, 1.165) is 5.75 Å². The Bertz CT molecular complexity index is 884. The van der Waals surface area contributed by atoms with Gasteiger partial charge in [0.25, 0.3) is 0 Å². The van der Waals surface area contributed by atoms with Gasteiger partial charge in [0.15, 0.2) is 0 Å². The lowest BCUT2D eigenvalue weighted by atomic mass is 9.76. The minimum Gasteiger partial charge on any atom is -0.324 e. The summed E-state index contributed by atoms with van der Waals surface area (Å²) in [5.41, 5.74) is -0.610. The molecule has 0 bridgehead atoms. The molecule has 150 valence electrons. The first-order valence-corrected chi connectivity index (χ1v) is 11.2. The number of hydrogen-bond acceptors (Lipinski definition) is 5. The molecule has 3 amide bonds. The van der Waals surface area contributed by atoms with Crippen LogP contribution in [-0.4, -0.2) is 46.2 Å². The van der Waals surface area contributed by atoms with Gasteiger partial charge in [-0.15, -0.1) is 0 Å². The number of benzene rings is 1. The van der Waals surface area contributed by atoms with Crippen LogP contribution in [0.15, 0.2) is 18.2 Å². The maximum Gasteiger partial charge on any atom is 0.250 e. The molecule has 1 aromatic rings. The highest BCUT2D eigenvalue weighted by molar-refractivity contribution is 7.98. The van der Waals surface area contributed by atoms with Gasteiger partial charge in [-0.25, -0.2) is 0 Å². The van der Waals surface area contributed by atoms with Crippen LogP contribution in [0.1, 0.15) is 32.8 Å². The highest BCUT2D eigenvalue weighted by Gasteiger charge is 2.71. The zero-order valence-corrected chi connectivity index (χ0v) is 17.9. The number of carbonyl (C=O) groups excluding carboxylic acids is 3. The molecule has 4 rings (SSSR count). The third-order valence-corrected chi connectivity index (χ3v) is 6.86. The lowest BCUT2D eigenvalue weighted by Gasteiger charge is -2.34. The molecular weight excluding hydrogens is 398 g/mol. The van der Waals surface area contributed by atoms with Crippen molar-refractivity contribution in [2.45, 2.75) is 44.3 Å². The van der Waals surface area contributed by atoms with Crippen molar-refractivity contribution in [2.75, 3.05) is 17.3 Å². The van der Waals surface area contributed by atoms with E-state index >= 15 is 0 Å². The van der Waals surface area contributed by atoms with Crippen molar-refractivity contribution in [2.24, 2.45) is 11.8 Å². The molecule has 0 unspecified atom stereocenters. The number of halogens is 1. The molecule has 0 radical (unpaired) electrons. The molecular formula is C20H24ClN3O3S. The summed E-state index contributed by atoms with van der Waals surface area (Å²) in [4.78, 5) is 41.4. The maximum absolute atomic E-state index is 13.5. The first kappa shape index (κ1) is 19.7. The number of nitrogens with one attached hydrogen (secondary N) is 2. The maximum atomic E-state index is 13.5. The van der Waals surface area contributed by atoms with Gasteiger partial charge in [0.05, 0.1) is 11.8 Å². The number of nitrogens with zero attached hydrogens (tertiary/aromatic N) is 1. The molecule has 3 aliphatic rings. The standard InChI is InChI=1S/C20H24ClN3O3S/c1-19(2,3)24-16(25)14-13(7-8-28-4)23-20(15(14)17(24)26)11-9-10(21)5-6-12(11)22-18(20)27/h5-6,9,13-15,23H,7-8H2,1-4H3,(H,22,27)/t13-,14-,15+,20-/m1/s1. The van der Waals surface area contributed by atoms with Crippen molar-refractivity contribution in [1.29, 1.82) is 0 Å². The molecule has 3 aliphatic heterocycles. The van der Waals surface area contributed by atoms with E-state index in [9.17, 15) is 14.4 Å². The second-order valence-electron chi connectivity index (χ2n) is 8.67. The van der Waals surface area contributed by atoms with Crippen molar-refractivity contribution in [1.82, 2.24) is 10.2 Å². The number of likely N-dealkylation sites (tertiary alicyclic amines) is 1. The van der Waals surface area contributed by atoms with Crippen LogP contribution in [0, 0.1) is 11.8 Å². The zero-order valence-electron chi connectivity index (χ0n) is 16.3. The number of carbonyl (C=O) groups is 3. The Morgan fingerprint density at radius 2 is 1.93 bits per heavy atom. The van der Waals surface area contributed by atoms with Gasteiger partial charge in [-0.05, 0) is 57.4 Å². The summed E-state index contributed by atoms with van der Waals surface area (Å²) in [6, 6.07) is 4.93. The summed E-state index contributed by atoms with van der Waals surface area (Å²) in [7, 11) is 0. The predicted molar refractivity (Wildman–Crippen MR) is 110 cm³/mol. The second-order valence-corrected chi connectivity index (χ2v) is 10.1. The van der Waals surface area contributed by atoms with E-state index < -0.39 is 22.9 Å². The molecule has 0 aliphatic carbocycles. The molecule has 0 aromatic heterocycles. The highest BCUT2D eigenvalue weighted by atomic mass is 35.5. The van der Waals surface area contributed by atoms with Crippen molar-refractivity contribution < 1.29 is 14.4 Å². The number of amides is 3. The van der Waals surface area contributed by atoms with E-state index in [-0.39, 0.29) is 23.8 Å². The van der Waals surface area contributed by atoms with Gasteiger partial charge in [-0.1, -0.05) is 11.6 Å². The van der Waals surface area contributed by atoms with Crippen molar-refractivity contribution in [3.8, 4) is 0 Å². The van der Waals surface area contributed by atoms with Crippen LogP contribution in [-0.2, 0) is 19.9 Å². The summed E-state index contributed by atoms with van der Waals surface area (Å²) in [5.74, 6) is -1.27. The highest BCUT2D eigenvalue weighted by Crippen LogP contribution is 2.54. The van der Waals surface area contributed by atoms with Crippen LogP contribution < -0.4 is 10.6 Å². The number of hydrogen-bond donors (Lipinski definition) is 2. The summed E-state index contributed by atoms with van der Waals surface area (Å²) >= 11 is 7.91. The molecule has 8 heteroatoms. The molecule has 0 saturated carbocycles. The largest absolute Gasteiger partial charge is 0.324 e. The molecule has 1 aromatic carbocycles. The van der Waals surface area contributed by atoms with Crippen LogP contribution in [0.2, 0.25) is 5.02 Å². The Morgan fingerprint density at radius 1 is 1.21 bits per heavy atom. The Kier molecular flexibility index (Phi) is 4.56. The number of rotatable bonds is 3. The molecule has 2 N–H and O–H groups in total. The van der Waals surface area contributed by atoms with Crippen molar-refractivity contribution in [3.63, 3.8) is 0 Å². The number of imide groups is 1. The summed E-state index contributed by atoms with van der Waals surface area (Å²) in [5, 5.41) is 6.80. The van der Waals surface area contributed by atoms with Crippen LogP contribution in [0.25, 0.3) is 0 Å². The molecule has 28 heavy (non-hydrogen) atoms. The van der Waals surface area contributed by atoms with Crippen LogP contribution in [0.4, 0.5) is 5.69 Å². The van der Waals surface area contributed by atoms with Crippen molar-refractivity contribution in [3.05, 3.63) is 28.8 Å². The number of anilines is 1. The fourth-order valence-electron chi connectivity index (χ4n) is 4.93.